The van der Waals surface area contributed by atoms with Crippen LogP contribution in [-0.4, -0.2) is 40.7 Å². The fourth-order valence-electron chi connectivity index (χ4n) is 6.81. The Morgan fingerprint density at radius 1 is 0.266 bits per heavy atom. The van der Waals surface area contributed by atoms with Crippen LogP contribution in [0, 0.1) is 68.0 Å². The molecule has 0 spiro atoms. The predicted molar refractivity (Wildman–Crippen MR) is 240 cm³/mol. The van der Waals surface area contributed by atoms with Crippen LogP contribution in [0.4, 0.5) is 34.1 Å². The van der Waals surface area contributed by atoms with E-state index in [0.29, 0.717) is 67.5 Å². The monoisotopic (exact) mass is 824 g/mol. The topological polar surface area (TPSA) is 230 Å². The van der Waals surface area contributed by atoms with Crippen molar-refractivity contribution in [3.8, 4) is 36.4 Å². The summed E-state index contributed by atoms with van der Waals surface area (Å²) in [6.45, 7) is 0. The molecule has 296 valence electrons. The van der Waals surface area contributed by atoms with Crippen molar-refractivity contribution < 1.29 is 0 Å². The summed E-state index contributed by atoms with van der Waals surface area (Å²) in [5, 5.41) is 57.8. The van der Waals surface area contributed by atoms with Gasteiger partial charge in [-0.25, -0.2) is 4.90 Å². The normalized spacial score (nSPS) is 13.1. The second-order valence-corrected chi connectivity index (χ2v) is 13.8. The van der Waals surface area contributed by atoms with Crippen molar-refractivity contribution in [3.63, 3.8) is 0 Å². The van der Waals surface area contributed by atoms with Gasteiger partial charge in [-0.05, 0) is 146 Å². The summed E-state index contributed by atoms with van der Waals surface area (Å²) >= 11 is 0. The highest BCUT2D eigenvalue weighted by Gasteiger charge is 2.39. The molecule has 9 rings (SSSR count). The van der Waals surface area contributed by atoms with Gasteiger partial charge >= 0.3 is 0 Å². The van der Waals surface area contributed by atoms with E-state index in [-0.39, 0.29) is 35.8 Å². The highest BCUT2D eigenvalue weighted by molar-refractivity contribution is 6.34. The van der Waals surface area contributed by atoms with Crippen molar-refractivity contribution in [2.75, 3.05) is 14.7 Å². The molecule has 0 unspecified atom stereocenters. The zero-order valence-electron chi connectivity index (χ0n) is 33.0. The number of hydrogen-bond donors (Lipinski definition) is 0. The minimum absolute atomic E-state index is 0.0782. The molecule has 0 N–H and O–H groups in total. The maximum atomic E-state index is 9.63. The summed E-state index contributed by atoms with van der Waals surface area (Å²) in [6.07, 6.45) is 0. The van der Waals surface area contributed by atoms with E-state index in [0.717, 1.165) is 0 Å². The van der Waals surface area contributed by atoms with E-state index in [9.17, 15) is 31.6 Å². The molecule has 3 aliphatic rings. The predicted octanol–water partition coefficient (Wildman–Crippen LogP) is 8.21. The molecule has 0 saturated carbocycles. The third-order valence-corrected chi connectivity index (χ3v) is 9.93. The number of anilines is 6. The van der Waals surface area contributed by atoms with Gasteiger partial charge in [0, 0.05) is 34.1 Å². The molecular weight excluding hydrogens is 801 g/mol. The van der Waals surface area contributed by atoms with Gasteiger partial charge in [-0.1, -0.05) is 0 Å². The minimum atomic E-state index is 0.0782. The molecule has 6 aromatic rings. The van der Waals surface area contributed by atoms with Gasteiger partial charge in [0.2, 0.25) is 35.8 Å². The van der Waals surface area contributed by atoms with Gasteiger partial charge in [0.05, 0.1) is 69.8 Å². The lowest BCUT2D eigenvalue weighted by Gasteiger charge is -2.36. The Hall–Kier alpha value is -10.5. The molecule has 3 aliphatic heterocycles. The molecule has 0 bridgehead atoms. The molecule has 3 heterocycles. The standard InChI is InChI=1S/C48H24N16/c49-25-31-1-13-37(14-2-31)61(38-15-3-32(26-50)4-16-38)43-55-46-57-44(62(39-17-5-33(27-51)6-18-39)40-19-7-34(28-52)8-20-40)59-48-60-45(58-47(56-43)64(46)48)63(41-21-9-35(29-53)10-22-41)42-23-11-36(30-54)12-24-42/h1-24H. The summed E-state index contributed by atoms with van der Waals surface area (Å²) in [5.74, 6) is 0.558. The van der Waals surface area contributed by atoms with E-state index < -0.39 is 0 Å². The average molecular weight is 825 g/mol. The van der Waals surface area contributed by atoms with Crippen LogP contribution in [0.3, 0.4) is 0 Å². The summed E-state index contributed by atoms with van der Waals surface area (Å²) in [6, 6.07) is 53.9. The smallest absolute Gasteiger partial charge is 0.246 e. The van der Waals surface area contributed by atoms with E-state index >= 15 is 0 Å². The summed E-state index contributed by atoms with van der Waals surface area (Å²) in [5.41, 5.74) is 6.06. The van der Waals surface area contributed by atoms with Crippen molar-refractivity contribution in [3.05, 3.63) is 179 Å². The summed E-state index contributed by atoms with van der Waals surface area (Å²) in [7, 11) is 0. The van der Waals surface area contributed by atoms with Crippen LogP contribution in [0.5, 0.6) is 0 Å². The van der Waals surface area contributed by atoms with E-state index in [1.54, 1.807) is 160 Å². The molecule has 64 heavy (non-hydrogen) atoms. The number of benzene rings is 6. The van der Waals surface area contributed by atoms with Crippen LogP contribution >= 0.6 is 0 Å². The van der Waals surface area contributed by atoms with Crippen LogP contribution in [-0.2, 0) is 0 Å². The van der Waals surface area contributed by atoms with E-state index in [1.165, 1.54) is 4.90 Å². The maximum Gasteiger partial charge on any atom is 0.246 e. The van der Waals surface area contributed by atoms with Crippen molar-refractivity contribution >= 4 is 69.9 Å². The molecule has 0 fully saturated rings. The fraction of sp³-hybridized carbons (Fsp3) is 0. The second kappa shape index (κ2) is 16.6. The second-order valence-electron chi connectivity index (χ2n) is 13.8. The molecule has 0 aliphatic carbocycles. The van der Waals surface area contributed by atoms with Gasteiger partial charge < -0.3 is 0 Å². The Bertz CT molecular complexity index is 2770. The number of hydrogen-bond acceptors (Lipinski definition) is 16. The maximum absolute atomic E-state index is 9.63. The Labute approximate surface area is 365 Å². The number of nitrogens with zero attached hydrogens (tertiary/aromatic N) is 16. The van der Waals surface area contributed by atoms with Crippen LogP contribution < -0.4 is 14.7 Å². The van der Waals surface area contributed by atoms with Gasteiger partial charge in [-0.15, -0.1) is 0 Å². The molecule has 0 amide bonds. The molecule has 16 heteroatoms. The number of guanidine groups is 6. The van der Waals surface area contributed by atoms with Crippen molar-refractivity contribution in [1.29, 1.82) is 31.6 Å². The third-order valence-electron chi connectivity index (χ3n) is 9.93. The minimum Gasteiger partial charge on any atom is -0.279 e. The first kappa shape index (κ1) is 39.0. The van der Waals surface area contributed by atoms with Crippen LogP contribution in [0.2, 0.25) is 0 Å². The largest absolute Gasteiger partial charge is 0.279 e. The zero-order valence-corrected chi connectivity index (χ0v) is 33.0. The lowest BCUT2D eigenvalue weighted by Crippen LogP contribution is -2.51. The van der Waals surface area contributed by atoms with E-state index in [2.05, 4.69) is 36.4 Å². The SMILES string of the molecule is N#Cc1ccc(N(C2=NC3=NC(N(c4ccc(C#N)cc4)c4ccc(C#N)cc4)=NC4=NC(N(c5ccc(C#N)cc5)c5ccc(C#N)cc5)=NC(=N2)N34)c2ccc(C#N)cc2)cc1. The first-order chi connectivity index (χ1) is 31.4. The summed E-state index contributed by atoms with van der Waals surface area (Å²) < 4.78 is 0. The van der Waals surface area contributed by atoms with Crippen LogP contribution in [0.1, 0.15) is 33.4 Å². The first-order valence-electron chi connectivity index (χ1n) is 19.1. The van der Waals surface area contributed by atoms with Gasteiger partial charge in [0.25, 0.3) is 0 Å². The highest BCUT2D eigenvalue weighted by atomic mass is 15.6. The lowest BCUT2D eigenvalue weighted by atomic mass is 10.1. The van der Waals surface area contributed by atoms with Crippen molar-refractivity contribution in [2.24, 2.45) is 30.0 Å². The van der Waals surface area contributed by atoms with Crippen LogP contribution in [0.25, 0.3) is 0 Å². The van der Waals surface area contributed by atoms with Gasteiger partial charge in [0.1, 0.15) is 0 Å². The lowest BCUT2D eigenvalue weighted by molar-refractivity contribution is 0.821. The average Bonchev–Trinajstić information content (AvgIpc) is 3.35. The third kappa shape index (κ3) is 7.36. The number of aliphatic imine (C=N–C) groups is 6. The van der Waals surface area contributed by atoms with Gasteiger partial charge in [-0.3, -0.25) is 14.7 Å². The Morgan fingerprint density at radius 2 is 0.438 bits per heavy atom. The highest BCUT2D eigenvalue weighted by Crippen LogP contribution is 2.34. The molecule has 0 saturated heterocycles. The Balaban J connectivity index is 1.30. The number of nitriles is 6. The van der Waals surface area contributed by atoms with Crippen molar-refractivity contribution in [1.82, 2.24) is 4.90 Å². The molecule has 16 nitrogen and oxygen atoms in total. The molecule has 0 aromatic heterocycles. The molecule has 0 atom stereocenters. The van der Waals surface area contributed by atoms with E-state index in [1.807, 2.05) is 0 Å². The van der Waals surface area contributed by atoms with Crippen molar-refractivity contribution in [2.45, 2.75) is 0 Å². The van der Waals surface area contributed by atoms with Gasteiger partial charge in [0.15, 0.2) is 0 Å². The molecular formula is C48H24N16. The zero-order chi connectivity index (χ0) is 44.2. The first-order valence-corrected chi connectivity index (χ1v) is 19.1. The number of rotatable bonds is 6. The van der Waals surface area contributed by atoms with E-state index in [4.69, 9.17) is 30.0 Å². The Morgan fingerprint density at radius 3 is 0.594 bits per heavy atom. The quantitative estimate of drug-likeness (QED) is 0.156. The molecule has 0 radical (unpaired) electrons. The molecule has 6 aromatic carbocycles. The van der Waals surface area contributed by atoms with Crippen LogP contribution in [0.15, 0.2) is 176 Å². The Kier molecular flexibility index (Phi) is 10.1. The van der Waals surface area contributed by atoms with Gasteiger partial charge in [-0.2, -0.15) is 61.5 Å². The summed E-state index contributed by atoms with van der Waals surface area (Å²) in [4.78, 5) is 36.7. The fourth-order valence-corrected chi connectivity index (χ4v) is 6.81.